The number of nitrogens with zero attached hydrogens (tertiary/aromatic N) is 6. The van der Waals surface area contributed by atoms with Gasteiger partial charge in [0.2, 0.25) is 0 Å². The molecule has 5 heterocycles. The molecule has 4 aromatic heterocycles. The monoisotopic (exact) mass is 424 g/mol. The zero-order chi connectivity index (χ0) is 22.1. The Balaban J connectivity index is 1.38. The van der Waals surface area contributed by atoms with Gasteiger partial charge in [-0.3, -0.25) is 24.4 Å². The van der Waals surface area contributed by atoms with Crippen molar-refractivity contribution in [1.29, 1.82) is 0 Å². The van der Waals surface area contributed by atoms with Crippen LogP contribution in [-0.2, 0) is 13.5 Å². The van der Waals surface area contributed by atoms with E-state index in [0.717, 1.165) is 52.9 Å². The molecular weight excluding hydrogens is 400 g/mol. The fourth-order valence-corrected chi connectivity index (χ4v) is 3.95. The number of rotatable bonds is 5. The van der Waals surface area contributed by atoms with Gasteiger partial charge in [0.05, 0.1) is 30.0 Å². The van der Waals surface area contributed by atoms with E-state index >= 15 is 0 Å². The molecular formula is C25H24N6O. The van der Waals surface area contributed by atoms with E-state index in [1.54, 1.807) is 23.1 Å². The van der Waals surface area contributed by atoms with E-state index in [1.807, 2.05) is 37.8 Å². The molecule has 4 aromatic rings. The number of pyridine rings is 3. The molecule has 0 aromatic carbocycles. The van der Waals surface area contributed by atoms with Gasteiger partial charge in [0.15, 0.2) is 5.78 Å². The number of ketones is 1. The van der Waals surface area contributed by atoms with Gasteiger partial charge in [-0.25, -0.2) is 0 Å². The summed E-state index contributed by atoms with van der Waals surface area (Å²) in [5, 5.41) is 5.18. The smallest absolute Gasteiger partial charge is 0.168 e. The van der Waals surface area contributed by atoms with Crippen LogP contribution in [-0.4, -0.2) is 55.6 Å². The van der Waals surface area contributed by atoms with Crippen LogP contribution in [0, 0.1) is 0 Å². The van der Waals surface area contributed by atoms with Gasteiger partial charge in [-0.05, 0) is 43.3 Å². The average Bonchev–Trinajstić information content (AvgIpc) is 3.25. The highest BCUT2D eigenvalue weighted by molar-refractivity contribution is 5.98. The highest BCUT2D eigenvalue weighted by Crippen LogP contribution is 2.24. The maximum Gasteiger partial charge on any atom is 0.168 e. The number of aryl methyl sites for hydroxylation is 1. The minimum absolute atomic E-state index is 0.0328. The lowest BCUT2D eigenvalue weighted by Gasteiger charge is -2.21. The fourth-order valence-electron chi connectivity index (χ4n) is 3.95. The van der Waals surface area contributed by atoms with E-state index < -0.39 is 0 Å². The molecule has 0 saturated heterocycles. The third-order valence-electron chi connectivity index (χ3n) is 5.83. The van der Waals surface area contributed by atoms with Crippen molar-refractivity contribution < 1.29 is 4.79 Å². The predicted molar refractivity (Wildman–Crippen MR) is 124 cm³/mol. The summed E-state index contributed by atoms with van der Waals surface area (Å²) in [5.41, 5.74) is 6.28. The standard InChI is InChI=1S/C25H24N6O/c1-30-7-4-17(5-8-30)23-11-18(3-6-26-23)25(32)12-22-10-19-9-20(13-28-24(19)15-27-22)21-14-29-31(2)16-21/h3-4,6,9-11,13-16H,5,7-8,12H2,1-2H3. The molecule has 0 spiro atoms. The third kappa shape index (κ3) is 4.20. The summed E-state index contributed by atoms with van der Waals surface area (Å²) in [6.07, 6.45) is 12.4. The molecule has 0 fully saturated rings. The number of carbonyl (C=O) groups excluding carboxylic acids is 1. The Labute approximate surface area is 186 Å². The molecule has 32 heavy (non-hydrogen) atoms. The minimum atomic E-state index is 0.0328. The lowest BCUT2D eigenvalue weighted by molar-refractivity contribution is 0.0992. The second-order valence-electron chi connectivity index (χ2n) is 8.27. The van der Waals surface area contributed by atoms with Crippen LogP contribution in [0.5, 0.6) is 0 Å². The van der Waals surface area contributed by atoms with Crippen LogP contribution in [0.4, 0.5) is 0 Å². The molecule has 0 bridgehead atoms. The van der Waals surface area contributed by atoms with Gasteiger partial charge in [-0.2, -0.15) is 5.10 Å². The topological polar surface area (TPSA) is 76.8 Å². The first kappa shape index (κ1) is 20.2. The Morgan fingerprint density at radius 1 is 1.03 bits per heavy atom. The first-order valence-electron chi connectivity index (χ1n) is 10.7. The highest BCUT2D eigenvalue weighted by atomic mass is 16.1. The SMILES string of the molecule is CN1CC=C(c2cc(C(=O)Cc3cc4cc(-c5cnn(C)c5)cnc4cn3)ccn2)CC1. The summed E-state index contributed by atoms with van der Waals surface area (Å²) in [4.78, 5) is 28.7. The summed E-state index contributed by atoms with van der Waals surface area (Å²) < 4.78 is 1.76. The molecule has 0 atom stereocenters. The molecule has 0 aliphatic carbocycles. The van der Waals surface area contributed by atoms with Crippen LogP contribution in [0.1, 0.15) is 28.2 Å². The second kappa shape index (κ2) is 8.43. The molecule has 160 valence electrons. The van der Waals surface area contributed by atoms with Gasteiger partial charge in [0.25, 0.3) is 0 Å². The van der Waals surface area contributed by atoms with Gasteiger partial charge in [-0.15, -0.1) is 0 Å². The maximum atomic E-state index is 13.0. The van der Waals surface area contributed by atoms with Gasteiger partial charge < -0.3 is 4.90 Å². The van der Waals surface area contributed by atoms with Gasteiger partial charge in [-0.1, -0.05) is 6.08 Å². The molecule has 1 aliphatic rings. The molecule has 1 aliphatic heterocycles. The van der Waals surface area contributed by atoms with Crippen molar-refractivity contribution in [3.63, 3.8) is 0 Å². The number of fused-ring (bicyclic) bond motifs is 1. The zero-order valence-corrected chi connectivity index (χ0v) is 18.2. The summed E-state index contributed by atoms with van der Waals surface area (Å²) >= 11 is 0. The Bertz CT molecular complexity index is 1340. The van der Waals surface area contributed by atoms with Crippen LogP contribution >= 0.6 is 0 Å². The van der Waals surface area contributed by atoms with Crippen molar-refractivity contribution >= 4 is 22.3 Å². The molecule has 5 rings (SSSR count). The Morgan fingerprint density at radius 2 is 1.94 bits per heavy atom. The molecule has 0 radical (unpaired) electrons. The van der Waals surface area contributed by atoms with Crippen molar-refractivity contribution in [2.24, 2.45) is 7.05 Å². The molecule has 0 saturated carbocycles. The number of likely N-dealkylation sites (N-methyl/N-ethyl adjacent to an activating group) is 1. The van der Waals surface area contributed by atoms with Crippen molar-refractivity contribution in [2.45, 2.75) is 12.8 Å². The van der Waals surface area contributed by atoms with E-state index in [2.05, 4.69) is 44.1 Å². The number of Topliss-reactive ketones (excluding diaryl/α,β-unsaturated/α-hetero) is 1. The van der Waals surface area contributed by atoms with Crippen molar-refractivity contribution in [3.05, 3.63) is 78.3 Å². The molecule has 0 unspecified atom stereocenters. The lowest BCUT2D eigenvalue weighted by atomic mass is 10.0. The summed E-state index contributed by atoms with van der Waals surface area (Å²) in [5.74, 6) is 0.0328. The van der Waals surface area contributed by atoms with Gasteiger partial charge >= 0.3 is 0 Å². The fraction of sp³-hybridized carbons (Fsp3) is 0.240. The van der Waals surface area contributed by atoms with Crippen LogP contribution in [0.3, 0.4) is 0 Å². The molecule has 7 heteroatoms. The Hall–Kier alpha value is -3.71. The van der Waals surface area contributed by atoms with E-state index in [9.17, 15) is 4.79 Å². The second-order valence-corrected chi connectivity index (χ2v) is 8.27. The first-order valence-corrected chi connectivity index (χ1v) is 10.7. The number of hydrogen-bond donors (Lipinski definition) is 0. The van der Waals surface area contributed by atoms with Crippen molar-refractivity contribution in [3.8, 4) is 11.1 Å². The Morgan fingerprint density at radius 3 is 2.72 bits per heavy atom. The Kier molecular flexibility index (Phi) is 5.33. The zero-order valence-electron chi connectivity index (χ0n) is 18.2. The first-order chi connectivity index (χ1) is 15.5. The predicted octanol–water partition coefficient (Wildman–Crippen LogP) is 3.57. The van der Waals surface area contributed by atoms with Crippen LogP contribution in [0.2, 0.25) is 0 Å². The molecule has 7 nitrogen and oxygen atoms in total. The van der Waals surface area contributed by atoms with Crippen LogP contribution < -0.4 is 0 Å². The van der Waals surface area contributed by atoms with Crippen molar-refractivity contribution in [2.75, 3.05) is 20.1 Å². The summed E-state index contributed by atoms with van der Waals surface area (Å²) in [6, 6.07) is 7.70. The maximum absolute atomic E-state index is 13.0. The normalized spacial score (nSPS) is 14.5. The molecule has 0 N–H and O–H groups in total. The highest BCUT2D eigenvalue weighted by Gasteiger charge is 2.14. The largest absolute Gasteiger partial charge is 0.302 e. The van der Waals surface area contributed by atoms with E-state index in [-0.39, 0.29) is 12.2 Å². The van der Waals surface area contributed by atoms with Crippen LogP contribution in [0.15, 0.2) is 61.3 Å². The van der Waals surface area contributed by atoms with E-state index in [0.29, 0.717) is 5.56 Å². The summed E-state index contributed by atoms with van der Waals surface area (Å²) in [6.45, 7) is 1.91. The van der Waals surface area contributed by atoms with Gasteiger partial charge in [0.1, 0.15) is 0 Å². The quantitative estimate of drug-likeness (QED) is 0.456. The van der Waals surface area contributed by atoms with E-state index in [4.69, 9.17) is 0 Å². The molecule has 0 amide bonds. The summed E-state index contributed by atoms with van der Waals surface area (Å²) in [7, 11) is 3.99. The number of hydrogen-bond acceptors (Lipinski definition) is 6. The van der Waals surface area contributed by atoms with Gasteiger partial charge in [0, 0.05) is 66.5 Å². The van der Waals surface area contributed by atoms with Crippen LogP contribution in [0.25, 0.3) is 27.6 Å². The number of carbonyl (C=O) groups is 1. The van der Waals surface area contributed by atoms with E-state index in [1.165, 1.54) is 5.57 Å². The lowest BCUT2D eigenvalue weighted by Crippen LogP contribution is -2.23. The van der Waals surface area contributed by atoms with Crippen molar-refractivity contribution in [1.82, 2.24) is 29.6 Å². The average molecular weight is 425 g/mol. The third-order valence-corrected chi connectivity index (χ3v) is 5.83. The number of aromatic nitrogens is 5. The minimum Gasteiger partial charge on any atom is -0.302 e.